The molecule has 1 saturated heterocycles. The first kappa shape index (κ1) is 13.4. The highest BCUT2D eigenvalue weighted by Gasteiger charge is 2.42. The average Bonchev–Trinajstić information content (AvgIpc) is 2.28. The molecule has 0 saturated carbocycles. The maximum Gasteiger partial charge on any atom is 0.403 e. The fourth-order valence-electron chi connectivity index (χ4n) is 2.66. The van der Waals surface area contributed by atoms with Gasteiger partial charge in [0, 0.05) is 6.04 Å². The van der Waals surface area contributed by atoms with Crippen molar-refractivity contribution in [2.75, 3.05) is 0 Å². The molecule has 0 aromatic heterocycles. The van der Waals surface area contributed by atoms with Crippen LogP contribution in [0.15, 0.2) is 18.2 Å². The van der Waals surface area contributed by atoms with Gasteiger partial charge < -0.3 is 0 Å². The highest BCUT2D eigenvalue weighted by Crippen LogP contribution is 2.34. The summed E-state index contributed by atoms with van der Waals surface area (Å²) in [5.41, 5.74) is 3.20. The normalized spacial score (nSPS) is 25.2. The Morgan fingerprint density at radius 2 is 1.89 bits per heavy atom. The van der Waals surface area contributed by atoms with Crippen LogP contribution in [-0.4, -0.2) is 12.2 Å². The monoisotopic (exact) mass is 257 g/mol. The van der Waals surface area contributed by atoms with Gasteiger partial charge in [0.25, 0.3) is 0 Å². The number of hydrogen-bond acceptors (Lipinski definition) is 1. The third-order valence-corrected chi connectivity index (χ3v) is 3.58. The Balaban J connectivity index is 2.18. The standard InChI is InChI=1S/C14H18F3N/c1-9-6-7-11(10(2)8-9)12-4-3-5-13(18-12)14(15,16)17/h6-8,12-13,18H,3-5H2,1-2H3. The summed E-state index contributed by atoms with van der Waals surface area (Å²) >= 11 is 0. The number of aryl methyl sites for hydroxylation is 2. The summed E-state index contributed by atoms with van der Waals surface area (Å²) in [6.07, 6.45) is -2.56. The molecular formula is C14H18F3N. The van der Waals surface area contributed by atoms with E-state index in [1.807, 2.05) is 32.0 Å². The van der Waals surface area contributed by atoms with Gasteiger partial charge in [-0.2, -0.15) is 13.2 Å². The van der Waals surface area contributed by atoms with E-state index >= 15 is 0 Å². The van der Waals surface area contributed by atoms with Crippen molar-refractivity contribution >= 4 is 0 Å². The molecule has 1 aromatic rings. The van der Waals surface area contributed by atoms with Gasteiger partial charge in [-0.25, -0.2) is 0 Å². The van der Waals surface area contributed by atoms with Gasteiger partial charge in [-0.15, -0.1) is 0 Å². The van der Waals surface area contributed by atoms with E-state index in [-0.39, 0.29) is 12.5 Å². The van der Waals surface area contributed by atoms with Crippen LogP contribution >= 0.6 is 0 Å². The lowest BCUT2D eigenvalue weighted by molar-refractivity contribution is -0.163. The molecular weight excluding hydrogens is 239 g/mol. The molecule has 0 bridgehead atoms. The quantitative estimate of drug-likeness (QED) is 0.800. The van der Waals surface area contributed by atoms with Crippen molar-refractivity contribution in [1.29, 1.82) is 0 Å². The molecule has 2 unspecified atom stereocenters. The van der Waals surface area contributed by atoms with E-state index in [0.29, 0.717) is 6.42 Å². The summed E-state index contributed by atoms with van der Waals surface area (Å²) in [6.45, 7) is 3.95. The van der Waals surface area contributed by atoms with Gasteiger partial charge in [0.15, 0.2) is 0 Å². The third kappa shape index (κ3) is 2.86. The van der Waals surface area contributed by atoms with Crippen molar-refractivity contribution in [1.82, 2.24) is 5.32 Å². The highest BCUT2D eigenvalue weighted by molar-refractivity contribution is 5.33. The van der Waals surface area contributed by atoms with Crippen LogP contribution in [0, 0.1) is 13.8 Å². The Morgan fingerprint density at radius 3 is 2.50 bits per heavy atom. The molecule has 2 rings (SSSR count). The highest BCUT2D eigenvalue weighted by atomic mass is 19.4. The molecule has 1 N–H and O–H groups in total. The molecule has 1 aliphatic rings. The Kier molecular flexibility index (Phi) is 3.66. The number of benzene rings is 1. The number of alkyl halides is 3. The number of nitrogens with one attached hydrogen (secondary N) is 1. The fourth-order valence-corrected chi connectivity index (χ4v) is 2.66. The molecule has 100 valence electrons. The van der Waals surface area contributed by atoms with Gasteiger partial charge in [-0.05, 0) is 44.2 Å². The van der Waals surface area contributed by atoms with Crippen LogP contribution in [-0.2, 0) is 0 Å². The lowest BCUT2D eigenvalue weighted by Gasteiger charge is -2.33. The Hall–Kier alpha value is -1.03. The van der Waals surface area contributed by atoms with Gasteiger partial charge in [-0.1, -0.05) is 23.8 Å². The predicted octanol–water partition coefficient (Wildman–Crippen LogP) is 4.05. The molecule has 1 aromatic carbocycles. The van der Waals surface area contributed by atoms with Gasteiger partial charge in [0.1, 0.15) is 6.04 Å². The average molecular weight is 257 g/mol. The molecule has 0 aliphatic carbocycles. The maximum atomic E-state index is 12.7. The molecule has 0 amide bonds. The minimum Gasteiger partial charge on any atom is -0.299 e. The third-order valence-electron chi connectivity index (χ3n) is 3.58. The van der Waals surface area contributed by atoms with E-state index in [1.165, 1.54) is 0 Å². The second kappa shape index (κ2) is 4.92. The Morgan fingerprint density at radius 1 is 1.17 bits per heavy atom. The van der Waals surface area contributed by atoms with Crippen LogP contribution in [0.2, 0.25) is 0 Å². The van der Waals surface area contributed by atoms with Crippen molar-refractivity contribution in [3.8, 4) is 0 Å². The van der Waals surface area contributed by atoms with E-state index in [4.69, 9.17) is 0 Å². The zero-order valence-corrected chi connectivity index (χ0v) is 10.6. The van der Waals surface area contributed by atoms with Gasteiger partial charge in [-0.3, -0.25) is 5.32 Å². The largest absolute Gasteiger partial charge is 0.403 e. The zero-order chi connectivity index (χ0) is 13.3. The molecule has 1 aliphatic heterocycles. The van der Waals surface area contributed by atoms with Crippen LogP contribution in [0.4, 0.5) is 13.2 Å². The summed E-state index contributed by atoms with van der Waals surface area (Å²) in [5.74, 6) is 0. The van der Waals surface area contributed by atoms with Crippen LogP contribution in [0.1, 0.15) is 42.0 Å². The lowest BCUT2D eigenvalue weighted by Crippen LogP contribution is -2.46. The SMILES string of the molecule is Cc1ccc(C2CCCC(C(F)(F)F)N2)c(C)c1. The Bertz CT molecular complexity index is 426. The van der Waals surface area contributed by atoms with Crippen LogP contribution < -0.4 is 5.32 Å². The summed E-state index contributed by atoms with van der Waals surface area (Å²) in [7, 11) is 0. The van der Waals surface area contributed by atoms with Crippen LogP contribution in [0.3, 0.4) is 0 Å². The molecule has 18 heavy (non-hydrogen) atoms. The molecule has 4 heteroatoms. The van der Waals surface area contributed by atoms with E-state index < -0.39 is 12.2 Å². The van der Waals surface area contributed by atoms with Crippen molar-refractivity contribution in [3.63, 3.8) is 0 Å². The van der Waals surface area contributed by atoms with Crippen molar-refractivity contribution in [2.24, 2.45) is 0 Å². The number of hydrogen-bond donors (Lipinski definition) is 1. The molecule has 1 nitrogen and oxygen atoms in total. The van der Waals surface area contributed by atoms with E-state index in [0.717, 1.165) is 23.1 Å². The second-order valence-corrected chi connectivity index (χ2v) is 5.10. The van der Waals surface area contributed by atoms with Crippen LogP contribution in [0.25, 0.3) is 0 Å². The number of rotatable bonds is 1. The van der Waals surface area contributed by atoms with Gasteiger partial charge in [0.2, 0.25) is 0 Å². The molecule has 0 spiro atoms. The summed E-state index contributed by atoms with van der Waals surface area (Å²) in [6, 6.07) is 4.39. The maximum absolute atomic E-state index is 12.7. The zero-order valence-electron chi connectivity index (χ0n) is 10.6. The van der Waals surface area contributed by atoms with E-state index in [2.05, 4.69) is 5.32 Å². The molecule has 1 heterocycles. The second-order valence-electron chi connectivity index (χ2n) is 5.10. The van der Waals surface area contributed by atoms with Crippen molar-refractivity contribution < 1.29 is 13.2 Å². The van der Waals surface area contributed by atoms with Crippen molar-refractivity contribution in [2.45, 2.75) is 51.4 Å². The predicted molar refractivity (Wildman–Crippen MR) is 65.5 cm³/mol. The first-order valence-corrected chi connectivity index (χ1v) is 6.28. The minimum absolute atomic E-state index is 0.175. The lowest BCUT2D eigenvalue weighted by atomic mass is 9.90. The molecule has 2 atom stereocenters. The smallest absolute Gasteiger partial charge is 0.299 e. The minimum atomic E-state index is -4.14. The first-order valence-electron chi connectivity index (χ1n) is 6.28. The molecule has 0 radical (unpaired) electrons. The number of halogens is 3. The van der Waals surface area contributed by atoms with Crippen LogP contribution in [0.5, 0.6) is 0 Å². The van der Waals surface area contributed by atoms with Gasteiger partial charge in [0.05, 0.1) is 0 Å². The number of piperidine rings is 1. The summed E-state index contributed by atoms with van der Waals surface area (Å²) in [5, 5.41) is 2.74. The summed E-state index contributed by atoms with van der Waals surface area (Å²) in [4.78, 5) is 0. The van der Waals surface area contributed by atoms with Crippen molar-refractivity contribution in [3.05, 3.63) is 34.9 Å². The summed E-state index contributed by atoms with van der Waals surface area (Å²) < 4.78 is 38.2. The van der Waals surface area contributed by atoms with E-state index in [9.17, 15) is 13.2 Å². The first-order chi connectivity index (χ1) is 8.38. The Labute approximate surface area is 105 Å². The molecule has 1 fully saturated rings. The van der Waals surface area contributed by atoms with Gasteiger partial charge >= 0.3 is 6.18 Å². The topological polar surface area (TPSA) is 12.0 Å². The van der Waals surface area contributed by atoms with E-state index in [1.54, 1.807) is 0 Å². The fraction of sp³-hybridized carbons (Fsp3) is 0.571.